The Labute approximate surface area is 134 Å². The Kier molecular flexibility index (Phi) is 3.41. The highest BCUT2D eigenvalue weighted by atomic mass is 16.3. The van der Waals surface area contributed by atoms with E-state index < -0.39 is 5.60 Å². The lowest BCUT2D eigenvalue weighted by Gasteiger charge is -2.38. The third-order valence-corrected chi connectivity index (χ3v) is 5.28. The molecule has 7 nitrogen and oxygen atoms in total. The Bertz CT molecular complexity index is 629. The summed E-state index contributed by atoms with van der Waals surface area (Å²) in [6.07, 6.45) is 6.54. The van der Waals surface area contributed by atoms with Crippen LogP contribution in [-0.2, 0) is 22.6 Å². The number of aliphatic hydroxyl groups is 1. The summed E-state index contributed by atoms with van der Waals surface area (Å²) in [4.78, 5) is 32.7. The lowest BCUT2D eigenvalue weighted by Crippen LogP contribution is -2.54. The van der Waals surface area contributed by atoms with Crippen molar-refractivity contribution < 1.29 is 14.7 Å². The summed E-state index contributed by atoms with van der Waals surface area (Å²) in [7, 11) is 0. The van der Waals surface area contributed by atoms with E-state index in [1.54, 1.807) is 11.1 Å². The molecule has 4 rings (SSSR count). The second-order valence-electron chi connectivity index (χ2n) is 6.88. The SMILES string of the molecule is O=C(C1CCc2nccn2C1)N1CCN(C(=O)C2(O)CC2)CC1. The smallest absolute Gasteiger partial charge is 0.254 e. The van der Waals surface area contributed by atoms with E-state index in [1.165, 1.54) is 0 Å². The largest absolute Gasteiger partial charge is 0.380 e. The van der Waals surface area contributed by atoms with Crippen LogP contribution in [0.2, 0.25) is 0 Å². The molecule has 1 atom stereocenters. The minimum atomic E-state index is -1.10. The summed E-state index contributed by atoms with van der Waals surface area (Å²) in [5.74, 6) is 1.08. The average molecular weight is 318 g/mol. The quantitative estimate of drug-likeness (QED) is 0.808. The number of rotatable bonds is 2. The van der Waals surface area contributed by atoms with Gasteiger partial charge in [-0.3, -0.25) is 9.59 Å². The molecule has 0 spiro atoms. The van der Waals surface area contributed by atoms with Crippen molar-refractivity contribution in [2.75, 3.05) is 26.2 Å². The zero-order valence-electron chi connectivity index (χ0n) is 13.1. The number of hydrogen-bond donors (Lipinski definition) is 1. The highest BCUT2D eigenvalue weighted by Gasteiger charge is 2.50. The van der Waals surface area contributed by atoms with Crippen molar-refractivity contribution in [2.24, 2.45) is 5.92 Å². The summed E-state index contributed by atoms with van der Waals surface area (Å²) < 4.78 is 2.06. The zero-order valence-corrected chi connectivity index (χ0v) is 13.1. The van der Waals surface area contributed by atoms with Gasteiger partial charge in [0.1, 0.15) is 11.4 Å². The Morgan fingerprint density at radius 2 is 1.87 bits per heavy atom. The molecular formula is C16H22N4O3. The number of nitrogens with zero attached hydrogens (tertiary/aromatic N) is 4. The summed E-state index contributed by atoms with van der Waals surface area (Å²) >= 11 is 0. The molecule has 1 aliphatic carbocycles. The lowest BCUT2D eigenvalue weighted by atomic mass is 9.97. The molecule has 2 fully saturated rings. The van der Waals surface area contributed by atoms with Crippen LogP contribution in [0.15, 0.2) is 12.4 Å². The predicted octanol–water partition coefficient (Wildman–Crippen LogP) is -0.359. The van der Waals surface area contributed by atoms with E-state index in [0.717, 1.165) is 18.7 Å². The van der Waals surface area contributed by atoms with Gasteiger partial charge in [0, 0.05) is 51.5 Å². The van der Waals surface area contributed by atoms with Gasteiger partial charge in [0.05, 0.1) is 5.92 Å². The minimum absolute atomic E-state index is 0.00608. The molecule has 1 saturated carbocycles. The third kappa shape index (κ3) is 2.63. The molecule has 3 aliphatic rings. The molecule has 0 radical (unpaired) electrons. The number of piperazine rings is 1. The van der Waals surface area contributed by atoms with Crippen LogP contribution >= 0.6 is 0 Å². The lowest BCUT2D eigenvalue weighted by molar-refractivity contribution is -0.148. The Morgan fingerprint density at radius 1 is 1.17 bits per heavy atom. The van der Waals surface area contributed by atoms with Crippen molar-refractivity contribution in [1.29, 1.82) is 0 Å². The first kappa shape index (κ1) is 14.7. The molecule has 23 heavy (non-hydrogen) atoms. The maximum atomic E-state index is 12.7. The van der Waals surface area contributed by atoms with Gasteiger partial charge in [0.15, 0.2) is 0 Å². The Balaban J connectivity index is 1.34. The van der Waals surface area contributed by atoms with E-state index in [4.69, 9.17) is 0 Å². The molecular weight excluding hydrogens is 296 g/mol. The molecule has 1 N–H and O–H groups in total. The number of aryl methyl sites for hydroxylation is 1. The van der Waals surface area contributed by atoms with E-state index in [2.05, 4.69) is 9.55 Å². The fourth-order valence-electron chi connectivity index (χ4n) is 3.58. The van der Waals surface area contributed by atoms with Crippen LogP contribution in [-0.4, -0.2) is 68.1 Å². The minimum Gasteiger partial charge on any atom is -0.380 e. The molecule has 124 valence electrons. The molecule has 0 aromatic carbocycles. The first-order valence-corrected chi connectivity index (χ1v) is 8.37. The number of hydrogen-bond acceptors (Lipinski definition) is 4. The molecule has 1 aromatic rings. The zero-order chi connectivity index (χ0) is 16.0. The Morgan fingerprint density at radius 3 is 2.57 bits per heavy atom. The summed E-state index contributed by atoms with van der Waals surface area (Å²) in [6, 6.07) is 0. The fourth-order valence-corrected chi connectivity index (χ4v) is 3.58. The monoisotopic (exact) mass is 318 g/mol. The number of fused-ring (bicyclic) bond motifs is 1. The van der Waals surface area contributed by atoms with Crippen molar-refractivity contribution in [3.05, 3.63) is 18.2 Å². The molecule has 3 heterocycles. The molecule has 1 saturated heterocycles. The first-order valence-electron chi connectivity index (χ1n) is 8.37. The van der Waals surface area contributed by atoms with Crippen molar-refractivity contribution in [3.63, 3.8) is 0 Å². The molecule has 2 aliphatic heterocycles. The van der Waals surface area contributed by atoms with Crippen LogP contribution in [0.1, 0.15) is 25.1 Å². The summed E-state index contributed by atoms with van der Waals surface area (Å²) in [5.41, 5.74) is -1.10. The van der Waals surface area contributed by atoms with Gasteiger partial charge in [0.2, 0.25) is 5.91 Å². The van der Waals surface area contributed by atoms with E-state index in [9.17, 15) is 14.7 Å². The summed E-state index contributed by atoms with van der Waals surface area (Å²) in [6.45, 7) is 2.88. The summed E-state index contributed by atoms with van der Waals surface area (Å²) in [5, 5.41) is 9.92. The van der Waals surface area contributed by atoms with E-state index in [-0.39, 0.29) is 17.7 Å². The van der Waals surface area contributed by atoms with Crippen molar-refractivity contribution in [3.8, 4) is 0 Å². The highest BCUT2D eigenvalue weighted by Crippen LogP contribution is 2.37. The molecule has 1 unspecified atom stereocenters. The number of carbonyl (C=O) groups excluding carboxylic acids is 2. The van der Waals surface area contributed by atoms with Gasteiger partial charge in [-0.2, -0.15) is 0 Å². The number of aromatic nitrogens is 2. The van der Waals surface area contributed by atoms with Crippen LogP contribution in [0.3, 0.4) is 0 Å². The van der Waals surface area contributed by atoms with E-state index in [1.807, 2.05) is 11.1 Å². The maximum Gasteiger partial charge on any atom is 0.254 e. The van der Waals surface area contributed by atoms with Gasteiger partial charge in [-0.05, 0) is 19.3 Å². The third-order valence-electron chi connectivity index (χ3n) is 5.28. The second-order valence-corrected chi connectivity index (χ2v) is 6.88. The van der Waals surface area contributed by atoms with Crippen LogP contribution in [0.25, 0.3) is 0 Å². The van der Waals surface area contributed by atoms with Crippen LogP contribution in [0.5, 0.6) is 0 Å². The van der Waals surface area contributed by atoms with Gasteiger partial charge in [0.25, 0.3) is 5.91 Å². The van der Waals surface area contributed by atoms with Crippen LogP contribution in [0, 0.1) is 5.92 Å². The van der Waals surface area contributed by atoms with Gasteiger partial charge in [-0.15, -0.1) is 0 Å². The number of amides is 2. The number of imidazole rings is 1. The first-order chi connectivity index (χ1) is 11.1. The van der Waals surface area contributed by atoms with Gasteiger partial charge in [-0.25, -0.2) is 4.98 Å². The van der Waals surface area contributed by atoms with Crippen molar-refractivity contribution in [1.82, 2.24) is 19.4 Å². The van der Waals surface area contributed by atoms with Gasteiger partial charge < -0.3 is 19.5 Å². The fraction of sp³-hybridized carbons (Fsp3) is 0.688. The van der Waals surface area contributed by atoms with Crippen LogP contribution < -0.4 is 0 Å². The molecule has 2 amide bonds. The van der Waals surface area contributed by atoms with E-state index >= 15 is 0 Å². The molecule has 1 aromatic heterocycles. The number of carbonyl (C=O) groups is 2. The van der Waals surface area contributed by atoms with Gasteiger partial charge in [-0.1, -0.05) is 0 Å². The van der Waals surface area contributed by atoms with E-state index in [0.29, 0.717) is 45.6 Å². The Hall–Kier alpha value is -1.89. The molecule has 7 heteroatoms. The van der Waals surface area contributed by atoms with Crippen molar-refractivity contribution >= 4 is 11.8 Å². The predicted molar refractivity (Wildman–Crippen MR) is 81.4 cm³/mol. The maximum absolute atomic E-state index is 12.7. The topological polar surface area (TPSA) is 78.7 Å². The second kappa shape index (κ2) is 5.33. The highest BCUT2D eigenvalue weighted by molar-refractivity contribution is 5.88. The molecule has 0 bridgehead atoms. The average Bonchev–Trinajstić information content (AvgIpc) is 3.16. The van der Waals surface area contributed by atoms with Crippen molar-refractivity contribution in [2.45, 2.75) is 37.8 Å². The normalized spacial score (nSPS) is 25.9. The standard InChI is InChI=1S/C16H22N4O3/c21-14(12-1-2-13-17-5-6-20(13)11-12)18-7-9-19(10-8-18)15(22)16(23)3-4-16/h5-6,12,23H,1-4,7-11H2. The van der Waals surface area contributed by atoms with Gasteiger partial charge >= 0.3 is 0 Å². The van der Waals surface area contributed by atoms with Crippen LogP contribution in [0.4, 0.5) is 0 Å².